The van der Waals surface area contributed by atoms with E-state index in [9.17, 15) is 4.39 Å². The normalized spacial score (nSPS) is 29.6. The van der Waals surface area contributed by atoms with Crippen LogP contribution in [0, 0.1) is 0 Å². The van der Waals surface area contributed by atoms with Crippen LogP contribution in [0.5, 0.6) is 0 Å². The van der Waals surface area contributed by atoms with Gasteiger partial charge >= 0.3 is 0 Å². The molecule has 4 nitrogen and oxygen atoms in total. The van der Waals surface area contributed by atoms with Gasteiger partial charge in [-0.15, -0.1) is 10.2 Å². The Hall–Kier alpha value is -0.750. The molecular weight excluding hydrogens is 229 g/mol. The molecule has 0 bridgehead atoms. The van der Waals surface area contributed by atoms with Crippen molar-refractivity contribution in [1.82, 2.24) is 10.2 Å². The molecule has 88 valence electrons. The second-order valence-electron chi connectivity index (χ2n) is 4.43. The van der Waals surface area contributed by atoms with Crippen molar-refractivity contribution in [2.45, 2.75) is 31.0 Å². The standard InChI is InChI=1S/C10H14FN3OS/c1-14(8-5-15-4-7(8)11)10-13-12-9(16-10)6-2-3-6/h6-8H,2-5H2,1H3/t7-,8-/m1/s1. The molecule has 0 N–H and O–H groups in total. The SMILES string of the molecule is CN(c1nnc(C2CC2)s1)[C@@H]1COC[C@H]1F. The van der Waals surface area contributed by atoms with Gasteiger partial charge < -0.3 is 9.64 Å². The van der Waals surface area contributed by atoms with E-state index >= 15 is 0 Å². The molecule has 1 aromatic heterocycles. The van der Waals surface area contributed by atoms with Gasteiger partial charge in [0, 0.05) is 13.0 Å². The van der Waals surface area contributed by atoms with E-state index in [-0.39, 0.29) is 12.6 Å². The molecule has 1 aromatic rings. The molecule has 2 atom stereocenters. The van der Waals surface area contributed by atoms with E-state index in [1.807, 2.05) is 11.9 Å². The van der Waals surface area contributed by atoms with Crippen molar-refractivity contribution < 1.29 is 9.13 Å². The third-order valence-corrected chi connectivity index (χ3v) is 4.32. The number of aromatic nitrogens is 2. The van der Waals surface area contributed by atoms with Crippen molar-refractivity contribution in [3.63, 3.8) is 0 Å². The molecular formula is C10H14FN3OS. The van der Waals surface area contributed by atoms with Crippen molar-refractivity contribution in [1.29, 1.82) is 0 Å². The molecule has 1 saturated carbocycles. The zero-order valence-electron chi connectivity index (χ0n) is 9.10. The number of alkyl halides is 1. The number of rotatable bonds is 3. The van der Waals surface area contributed by atoms with E-state index in [0.29, 0.717) is 12.5 Å². The largest absolute Gasteiger partial charge is 0.376 e. The van der Waals surface area contributed by atoms with E-state index < -0.39 is 6.17 Å². The summed E-state index contributed by atoms with van der Waals surface area (Å²) in [4.78, 5) is 1.86. The molecule has 0 aromatic carbocycles. The maximum Gasteiger partial charge on any atom is 0.208 e. The second kappa shape index (κ2) is 3.92. The zero-order valence-corrected chi connectivity index (χ0v) is 9.91. The molecule has 1 saturated heterocycles. The topological polar surface area (TPSA) is 38.2 Å². The Morgan fingerprint density at radius 1 is 1.38 bits per heavy atom. The monoisotopic (exact) mass is 243 g/mol. The summed E-state index contributed by atoms with van der Waals surface area (Å²) in [6.07, 6.45) is 1.52. The molecule has 0 radical (unpaired) electrons. The van der Waals surface area contributed by atoms with Crippen LogP contribution in [0.15, 0.2) is 0 Å². The summed E-state index contributed by atoms with van der Waals surface area (Å²) < 4.78 is 18.6. The van der Waals surface area contributed by atoms with Crippen LogP contribution in [0.3, 0.4) is 0 Å². The van der Waals surface area contributed by atoms with Gasteiger partial charge in [0.2, 0.25) is 5.13 Å². The maximum absolute atomic E-state index is 13.5. The van der Waals surface area contributed by atoms with Gasteiger partial charge in [0.05, 0.1) is 19.3 Å². The van der Waals surface area contributed by atoms with Gasteiger partial charge in [-0.3, -0.25) is 0 Å². The van der Waals surface area contributed by atoms with Crippen LogP contribution in [0.4, 0.5) is 9.52 Å². The van der Waals surface area contributed by atoms with Crippen molar-refractivity contribution in [3.05, 3.63) is 5.01 Å². The first-order valence-corrected chi connectivity index (χ1v) is 6.35. The van der Waals surface area contributed by atoms with Gasteiger partial charge in [-0.2, -0.15) is 0 Å². The zero-order chi connectivity index (χ0) is 11.1. The lowest BCUT2D eigenvalue weighted by molar-refractivity contribution is 0.173. The number of anilines is 1. The highest BCUT2D eigenvalue weighted by Crippen LogP contribution is 2.42. The van der Waals surface area contributed by atoms with Crippen LogP contribution in [-0.4, -0.2) is 42.7 Å². The average molecular weight is 243 g/mol. The molecule has 2 aliphatic rings. The number of likely N-dealkylation sites (N-methyl/N-ethyl adjacent to an activating group) is 1. The summed E-state index contributed by atoms with van der Waals surface area (Å²) in [5.41, 5.74) is 0. The number of hydrogen-bond donors (Lipinski definition) is 0. The average Bonchev–Trinajstić information content (AvgIpc) is 2.86. The highest BCUT2D eigenvalue weighted by molar-refractivity contribution is 7.15. The Labute approximate surface area is 97.4 Å². The number of ether oxygens (including phenoxy) is 1. The summed E-state index contributed by atoms with van der Waals surface area (Å²) in [6, 6.07) is -0.208. The van der Waals surface area contributed by atoms with E-state index in [0.717, 1.165) is 10.1 Å². The van der Waals surface area contributed by atoms with E-state index in [2.05, 4.69) is 10.2 Å². The molecule has 1 aliphatic carbocycles. The minimum absolute atomic E-state index is 0.198. The summed E-state index contributed by atoms with van der Waals surface area (Å²) >= 11 is 1.58. The smallest absolute Gasteiger partial charge is 0.208 e. The first-order chi connectivity index (χ1) is 7.75. The van der Waals surface area contributed by atoms with Gasteiger partial charge in [-0.1, -0.05) is 11.3 Å². The Kier molecular flexibility index (Phi) is 2.55. The first kappa shape index (κ1) is 10.4. The van der Waals surface area contributed by atoms with Crippen LogP contribution in [0.2, 0.25) is 0 Å². The van der Waals surface area contributed by atoms with E-state index in [4.69, 9.17) is 4.74 Å². The third-order valence-electron chi connectivity index (χ3n) is 3.14. The predicted molar refractivity (Wildman–Crippen MR) is 59.8 cm³/mol. The van der Waals surface area contributed by atoms with Gasteiger partial charge in [0.1, 0.15) is 11.2 Å². The fraction of sp³-hybridized carbons (Fsp3) is 0.800. The minimum Gasteiger partial charge on any atom is -0.376 e. The molecule has 0 spiro atoms. The summed E-state index contributed by atoms with van der Waals surface area (Å²) in [6.45, 7) is 0.638. The lowest BCUT2D eigenvalue weighted by Crippen LogP contribution is -2.38. The highest BCUT2D eigenvalue weighted by Gasteiger charge is 2.34. The Bertz CT molecular complexity index is 382. The van der Waals surface area contributed by atoms with Crippen molar-refractivity contribution in [2.24, 2.45) is 0 Å². The quantitative estimate of drug-likeness (QED) is 0.808. The fourth-order valence-electron chi connectivity index (χ4n) is 1.88. The molecule has 16 heavy (non-hydrogen) atoms. The minimum atomic E-state index is -0.918. The van der Waals surface area contributed by atoms with Crippen LogP contribution in [0.25, 0.3) is 0 Å². The Morgan fingerprint density at radius 2 is 2.19 bits per heavy atom. The molecule has 0 amide bonds. The second-order valence-corrected chi connectivity index (χ2v) is 5.42. The van der Waals surface area contributed by atoms with Crippen LogP contribution >= 0.6 is 11.3 Å². The summed E-state index contributed by atoms with van der Waals surface area (Å²) in [7, 11) is 1.86. The number of hydrogen-bond acceptors (Lipinski definition) is 5. The molecule has 2 heterocycles. The molecule has 6 heteroatoms. The Morgan fingerprint density at radius 3 is 2.81 bits per heavy atom. The predicted octanol–water partition coefficient (Wildman–Crippen LogP) is 1.59. The third kappa shape index (κ3) is 1.80. The van der Waals surface area contributed by atoms with Crippen LogP contribution in [0.1, 0.15) is 23.8 Å². The highest BCUT2D eigenvalue weighted by atomic mass is 32.1. The van der Waals surface area contributed by atoms with Gasteiger partial charge in [-0.05, 0) is 12.8 Å². The van der Waals surface area contributed by atoms with Crippen molar-refractivity contribution in [3.8, 4) is 0 Å². The molecule has 1 aliphatic heterocycles. The molecule has 0 unspecified atom stereocenters. The summed E-state index contributed by atoms with van der Waals surface area (Å²) in [5.74, 6) is 0.612. The molecule has 2 fully saturated rings. The van der Waals surface area contributed by atoms with Crippen molar-refractivity contribution >= 4 is 16.5 Å². The number of halogens is 1. The first-order valence-electron chi connectivity index (χ1n) is 5.54. The van der Waals surface area contributed by atoms with Gasteiger partial charge in [-0.25, -0.2) is 4.39 Å². The summed E-state index contributed by atoms with van der Waals surface area (Å²) in [5, 5.41) is 10.2. The van der Waals surface area contributed by atoms with Crippen molar-refractivity contribution in [2.75, 3.05) is 25.2 Å². The van der Waals surface area contributed by atoms with Crippen LogP contribution in [-0.2, 0) is 4.74 Å². The molecule has 3 rings (SSSR count). The van der Waals surface area contributed by atoms with Gasteiger partial charge in [0.25, 0.3) is 0 Å². The van der Waals surface area contributed by atoms with Crippen LogP contribution < -0.4 is 4.90 Å². The number of nitrogens with zero attached hydrogens (tertiary/aromatic N) is 3. The van der Waals surface area contributed by atoms with E-state index in [1.165, 1.54) is 12.8 Å². The lowest BCUT2D eigenvalue weighted by Gasteiger charge is -2.23. The fourth-order valence-corrected chi connectivity index (χ4v) is 2.91. The van der Waals surface area contributed by atoms with Gasteiger partial charge in [0.15, 0.2) is 0 Å². The Balaban J connectivity index is 1.74. The maximum atomic E-state index is 13.5. The lowest BCUT2D eigenvalue weighted by atomic mass is 10.2. The van der Waals surface area contributed by atoms with E-state index in [1.54, 1.807) is 11.3 Å².